The summed E-state index contributed by atoms with van der Waals surface area (Å²) in [5.41, 5.74) is 1.14. The number of hydrogen-bond acceptors (Lipinski definition) is 3. The minimum atomic E-state index is 0.623. The van der Waals surface area contributed by atoms with E-state index in [1.54, 1.807) is 7.11 Å². The van der Waals surface area contributed by atoms with Crippen LogP contribution in [0, 0.1) is 5.92 Å². The molecule has 0 aliphatic carbocycles. The Kier molecular flexibility index (Phi) is 5.53. The molecule has 0 aromatic heterocycles. The van der Waals surface area contributed by atoms with E-state index in [-0.39, 0.29) is 0 Å². The van der Waals surface area contributed by atoms with E-state index in [0.717, 1.165) is 30.2 Å². The molecule has 0 fully saturated rings. The Morgan fingerprint density at radius 3 is 2.62 bits per heavy atom. The Labute approximate surface area is 104 Å². The van der Waals surface area contributed by atoms with Crippen LogP contribution in [0.15, 0.2) is 24.3 Å². The minimum Gasteiger partial charge on any atom is -0.495 e. The molecular weight excluding hydrogens is 218 g/mol. The first kappa shape index (κ1) is 13.2. The lowest BCUT2D eigenvalue weighted by Gasteiger charge is -2.25. The summed E-state index contributed by atoms with van der Waals surface area (Å²) in [6.07, 6.45) is 1.16. The Balaban J connectivity index is 2.75. The van der Waals surface area contributed by atoms with Crippen LogP contribution >= 0.6 is 12.6 Å². The highest BCUT2D eigenvalue weighted by molar-refractivity contribution is 7.80. The van der Waals surface area contributed by atoms with Crippen molar-refractivity contribution in [2.75, 3.05) is 31.4 Å². The number of ether oxygens (including phenoxy) is 1. The van der Waals surface area contributed by atoms with Crippen LogP contribution < -0.4 is 9.64 Å². The number of anilines is 1. The molecule has 0 N–H and O–H groups in total. The number of hydrogen-bond donors (Lipinski definition) is 1. The van der Waals surface area contributed by atoms with Crippen molar-refractivity contribution in [1.29, 1.82) is 0 Å². The summed E-state index contributed by atoms with van der Waals surface area (Å²) < 4.78 is 5.35. The van der Waals surface area contributed by atoms with Gasteiger partial charge in [0.2, 0.25) is 0 Å². The van der Waals surface area contributed by atoms with Crippen LogP contribution in [0.4, 0.5) is 5.69 Å². The van der Waals surface area contributed by atoms with Gasteiger partial charge in [0.15, 0.2) is 0 Å². The van der Waals surface area contributed by atoms with Gasteiger partial charge in [-0.15, -0.1) is 0 Å². The van der Waals surface area contributed by atoms with Crippen LogP contribution in [-0.4, -0.2) is 26.5 Å². The first-order valence-corrected chi connectivity index (χ1v) is 6.31. The van der Waals surface area contributed by atoms with Crippen molar-refractivity contribution in [3.05, 3.63) is 24.3 Å². The zero-order valence-corrected chi connectivity index (χ0v) is 11.2. The molecule has 90 valence electrons. The summed E-state index contributed by atoms with van der Waals surface area (Å²) in [7, 11) is 3.81. The molecule has 0 saturated heterocycles. The molecule has 0 aliphatic rings. The zero-order valence-electron chi connectivity index (χ0n) is 10.3. The van der Waals surface area contributed by atoms with Gasteiger partial charge >= 0.3 is 0 Å². The van der Waals surface area contributed by atoms with Crippen molar-refractivity contribution in [2.45, 2.75) is 13.3 Å². The fourth-order valence-electron chi connectivity index (χ4n) is 1.75. The van der Waals surface area contributed by atoms with Gasteiger partial charge in [0, 0.05) is 13.6 Å². The van der Waals surface area contributed by atoms with Crippen LogP contribution in [0.25, 0.3) is 0 Å². The zero-order chi connectivity index (χ0) is 12.0. The van der Waals surface area contributed by atoms with Crippen molar-refractivity contribution in [2.24, 2.45) is 5.92 Å². The number of rotatable bonds is 6. The largest absolute Gasteiger partial charge is 0.495 e. The Bertz CT molecular complexity index is 313. The molecule has 0 heterocycles. The Morgan fingerprint density at radius 2 is 2.06 bits per heavy atom. The molecule has 1 rings (SSSR count). The lowest BCUT2D eigenvalue weighted by molar-refractivity contribution is 0.414. The van der Waals surface area contributed by atoms with Gasteiger partial charge in [-0.2, -0.15) is 12.6 Å². The van der Waals surface area contributed by atoms with Gasteiger partial charge in [-0.25, -0.2) is 0 Å². The SMILES string of the molecule is CCC(CS)CN(C)c1ccccc1OC. The van der Waals surface area contributed by atoms with Gasteiger partial charge in [0.25, 0.3) is 0 Å². The van der Waals surface area contributed by atoms with Gasteiger partial charge in [0.05, 0.1) is 12.8 Å². The number of benzene rings is 1. The minimum absolute atomic E-state index is 0.623. The molecule has 1 aromatic rings. The van der Waals surface area contributed by atoms with E-state index in [4.69, 9.17) is 4.74 Å². The van der Waals surface area contributed by atoms with Crippen LogP contribution in [0.2, 0.25) is 0 Å². The summed E-state index contributed by atoms with van der Waals surface area (Å²) in [6.45, 7) is 3.22. The van der Waals surface area contributed by atoms with E-state index in [9.17, 15) is 0 Å². The van der Waals surface area contributed by atoms with Crippen molar-refractivity contribution in [3.8, 4) is 5.75 Å². The van der Waals surface area contributed by atoms with Crippen molar-refractivity contribution >= 4 is 18.3 Å². The van der Waals surface area contributed by atoms with E-state index in [1.807, 2.05) is 18.2 Å². The molecule has 0 spiro atoms. The third kappa shape index (κ3) is 3.34. The molecule has 1 aromatic carbocycles. The average Bonchev–Trinajstić information content (AvgIpc) is 2.35. The van der Waals surface area contributed by atoms with Crippen molar-refractivity contribution in [1.82, 2.24) is 0 Å². The smallest absolute Gasteiger partial charge is 0.142 e. The molecule has 1 atom stereocenters. The fourth-order valence-corrected chi connectivity index (χ4v) is 2.12. The fraction of sp³-hybridized carbons (Fsp3) is 0.538. The van der Waals surface area contributed by atoms with Crippen LogP contribution in [0.5, 0.6) is 5.75 Å². The van der Waals surface area contributed by atoms with Gasteiger partial charge in [0.1, 0.15) is 5.75 Å². The molecule has 3 heteroatoms. The molecule has 0 bridgehead atoms. The van der Waals surface area contributed by atoms with Gasteiger partial charge in [-0.05, 0) is 23.8 Å². The maximum atomic E-state index is 5.35. The number of methoxy groups -OCH3 is 1. The predicted molar refractivity (Wildman–Crippen MR) is 73.9 cm³/mol. The second kappa shape index (κ2) is 6.69. The topological polar surface area (TPSA) is 12.5 Å². The van der Waals surface area contributed by atoms with E-state index < -0.39 is 0 Å². The standard InChI is InChI=1S/C13H21NOS/c1-4-11(10-16)9-14(2)12-7-5-6-8-13(12)15-3/h5-8,11,16H,4,9-10H2,1-3H3. The first-order chi connectivity index (χ1) is 7.72. The summed E-state index contributed by atoms with van der Waals surface area (Å²) in [5.74, 6) is 2.48. The summed E-state index contributed by atoms with van der Waals surface area (Å²) in [5, 5.41) is 0. The van der Waals surface area contributed by atoms with E-state index in [2.05, 4.69) is 37.6 Å². The van der Waals surface area contributed by atoms with Crippen molar-refractivity contribution < 1.29 is 4.74 Å². The van der Waals surface area contributed by atoms with Gasteiger partial charge in [-0.3, -0.25) is 0 Å². The second-order valence-electron chi connectivity index (χ2n) is 4.01. The monoisotopic (exact) mass is 239 g/mol. The molecule has 0 saturated carbocycles. The molecule has 0 radical (unpaired) electrons. The Morgan fingerprint density at radius 1 is 1.38 bits per heavy atom. The summed E-state index contributed by atoms with van der Waals surface area (Å²) in [6, 6.07) is 8.11. The van der Waals surface area contributed by atoms with E-state index in [1.165, 1.54) is 0 Å². The highest BCUT2D eigenvalue weighted by atomic mass is 32.1. The first-order valence-electron chi connectivity index (χ1n) is 5.67. The molecule has 2 nitrogen and oxygen atoms in total. The second-order valence-corrected chi connectivity index (χ2v) is 4.37. The van der Waals surface area contributed by atoms with Crippen LogP contribution in [0.1, 0.15) is 13.3 Å². The third-order valence-corrected chi connectivity index (χ3v) is 3.38. The summed E-state index contributed by atoms with van der Waals surface area (Å²) >= 11 is 4.37. The highest BCUT2D eigenvalue weighted by Gasteiger charge is 2.11. The van der Waals surface area contributed by atoms with E-state index in [0.29, 0.717) is 5.92 Å². The van der Waals surface area contributed by atoms with Crippen LogP contribution in [0.3, 0.4) is 0 Å². The Hall–Kier alpha value is -0.830. The van der Waals surface area contributed by atoms with E-state index >= 15 is 0 Å². The highest BCUT2D eigenvalue weighted by Crippen LogP contribution is 2.27. The molecular formula is C13H21NOS. The predicted octanol–water partition coefficient (Wildman–Crippen LogP) is 3.09. The van der Waals surface area contributed by atoms with Crippen LogP contribution in [-0.2, 0) is 0 Å². The third-order valence-electron chi connectivity index (χ3n) is 2.86. The maximum absolute atomic E-state index is 5.35. The van der Waals surface area contributed by atoms with Gasteiger partial charge < -0.3 is 9.64 Å². The maximum Gasteiger partial charge on any atom is 0.142 e. The lowest BCUT2D eigenvalue weighted by Crippen LogP contribution is -2.26. The molecule has 16 heavy (non-hydrogen) atoms. The van der Waals surface area contributed by atoms with Gasteiger partial charge in [-0.1, -0.05) is 25.5 Å². The average molecular weight is 239 g/mol. The van der Waals surface area contributed by atoms with Crippen molar-refractivity contribution in [3.63, 3.8) is 0 Å². The number of para-hydroxylation sites is 2. The molecule has 0 aliphatic heterocycles. The number of thiol groups is 1. The number of nitrogens with zero attached hydrogens (tertiary/aromatic N) is 1. The lowest BCUT2D eigenvalue weighted by atomic mass is 10.1. The quantitative estimate of drug-likeness (QED) is 0.766. The normalized spacial score (nSPS) is 12.2. The molecule has 0 amide bonds. The molecule has 1 unspecified atom stereocenters. The summed E-state index contributed by atoms with van der Waals surface area (Å²) in [4.78, 5) is 2.24.